The third kappa shape index (κ3) is 30.4. The van der Waals surface area contributed by atoms with E-state index < -0.39 is 24.0 Å². The highest BCUT2D eigenvalue weighted by Gasteiger charge is 2.20. The van der Waals surface area contributed by atoms with E-state index in [0.717, 1.165) is 12.8 Å². The maximum Gasteiger partial charge on any atom is 0.373 e. The van der Waals surface area contributed by atoms with Gasteiger partial charge in [-0.05, 0) is 25.7 Å². The number of hydrogen-bond acceptors (Lipinski definition) is 8. The average Bonchev–Trinajstić information content (AvgIpc) is 2.79. The normalized spacial score (nSPS) is 9.42. The van der Waals surface area contributed by atoms with E-state index in [1.807, 2.05) is 0 Å². The summed E-state index contributed by atoms with van der Waals surface area (Å²) in [5.41, 5.74) is 0. The fourth-order valence-corrected chi connectivity index (χ4v) is 1.88. The van der Waals surface area contributed by atoms with Crippen LogP contribution in [-0.4, -0.2) is 76.5 Å². The first-order valence-electron chi connectivity index (χ1n) is 9.55. The van der Waals surface area contributed by atoms with Gasteiger partial charge in [0, 0.05) is 51.2 Å². The van der Waals surface area contributed by atoms with Crippen LogP contribution in [0.3, 0.4) is 0 Å². The molecule has 0 radical (unpaired) electrons. The number of carbonyl (C=O) groups is 4. The predicted octanol–water partition coefficient (Wildman–Crippen LogP) is 0.389. The van der Waals surface area contributed by atoms with Crippen LogP contribution in [0.1, 0.15) is 39.0 Å². The molecular formula is C19H30FN5O8. The van der Waals surface area contributed by atoms with Gasteiger partial charge in [-0.3, -0.25) is 23.9 Å². The van der Waals surface area contributed by atoms with E-state index in [-0.39, 0.29) is 24.9 Å². The zero-order valence-corrected chi connectivity index (χ0v) is 18.5. The molecule has 1 aromatic rings. The Morgan fingerprint density at radius 3 is 1.73 bits per heavy atom. The maximum absolute atomic E-state index is 11.5. The Labute approximate surface area is 190 Å². The fraction of sp³-hybridized carbons (Fsp3) is 0.526. The molecule has 0 aliphatic rings. The highest BCUT2D eigenvalue weighted by atomic mass is 18.2. The van der Waals surface area contributed by atoms with Gasteiger partial charge in [-0.2, -0.15) is 9.59 Å². The van der Waals surface area contributed by atoms with Crippen molar-refractivity contribution in [2.75, 3.05) is 20.3 Å². The molecular weight excluding hydrogens is 444 g/mol. The van der Waals surface area contributed by atoms with Crippen LogP contribution < -0.4 is 16.0 Å². The van der Waals surface area contributed by atoms with Gasteiger partial charge in [0.05, 0.1) is 7.18 Å². The van der Waals surface area contributed by atoms with Crippen molar-refractivity contribution >= 4 is 30.0 Å². The molecule has 1 atom stereocenters. The van der Waals surface area contributed by atoms with Gasteiger partial charge in [-0.25, -0.2) is 9.59 Å². The van der Waals surface area contributed by atoms with Crippen molar-refractivity contribution in [1.29, 1.82) is 0 Å². The second-order valence-electron chi connectivity index (χ2n) is 5.74. The Hall–Kier alpha value is -3.93. The first kappa shape index (κ1) is 33.7. The Morgan fingerprint density at radius 2 is 1.36 bits per heavy atom. The molecule has 0 fully saturated rings. The van der Waals surface area contributed by atoms with E-state index in [1.54, 1.807) is 24.8 Å². The quantitative estimate of drug-likeness (QED) is 0.279. The lowest BCUT2D eigenvalue weighted by atomic mass is 10.1. The molecule has 0 aliphatic heterocycles. The van der Waals surface area contributed by atoms with Crippen LogP contribution in [0, 0.1) is 0 Å². The van der Waals surface area contributed by atoms with Crippen LogP contribution in [0.25, 0.3) is 0 Å². The Kier molecular flexibility index (Phi) is 26.7. The number of urea groups is 1. The number of aromatic nitrogens is 2. The van der Waals surface area contributed by atoms with E-state index in [2.05, 4.69) is 25.9 Å². The molecule has 13 nitrogen and oxygen atoms in total. The molecule has 1 aromatic heterocycles. The molecule has 0 saturated heterocycles. The predicted molar refractivity (Wildman–Crippen MR) is 111 cm³/mol. The SMILES string of the molecule is CC(=O)NCCCCCNC(=O)N[C@@H](CCC(=O)O)C(=O)O.C[18F].O=C=O.c1cnccn1. The Balaban J connectivity index is -0.000000669. The van der Waals surface area contributed by atoms with Crippen LogP contribution >= 0.6 is 0 Å². The third-order valence-electron chi connectivity index (χ3n) is 3.24. The summed E-state index contributed by atoms with van der Waals surface area (Å²) in [6.07, 6.45) is 8.59. The number of carboxylic acid groups (broad SMARTS) is 2. The van der Waals surface area contributed by atoms with E-state index in [0.29, 0.717) is 26.7 Å². The first-order chi connectivity index (χ1) is 15.7. The molecule has 0 bridgehead atoms. The van der Waals surface area contributed by atoms with Gasteiger partial charge in [0.2, 0.25) is 5.91 Å². The van der Waals surface area contributed by atoms with Crippen molar-refractivity contribution in [3.8, 4) is 0 Å². The van der Waals surface area contributed by atoms with Crippen LogP contribution in [0.4, 0.5) is 9.18 Å². The lowest BCUT2D eigenvalue weighted by Crippen LogP contribution is -2.46. The van der Waals surface area contributed by atoms with Gasteiger partial charge in [-0.1, -0.05) is 0 Å². The van der Waals surface area contributed by atoms with Gasteiger partial charge >= 0.3 is 24.1 Å². The molecule has 1 rings (SSSR count). The van der Waals surface area contributed by atoms with E-state index in [1.165, 1.54) is 6.92 Å². The molecule has 5 N–H and O–H groups in total. The van der Waals surface area contributed by atoms with Crippen LogP contribution in [0.2, 0.25) is 0 Å². The minimum absolute atomic E-state index is 0.0847. The molecule has 186 valence electrons. The van der Waals surface area contributed by atoms with E-state index in [9.17, 15) is 23.6 Å². The summed E-state index contributed by atoms with van der Waals surface area (Å²) in [6, 6.07) is -1.87. The minimum atomic E-state index is -1.27. The molecule has 0 aromatic carbocycles. The molecule has 1 heterocycles. The molecule has 0 spiro atoms. The van der Waals surface area contributed by atoms with Gasteiger partial charge in [0.25, 0.3) is 0 Å². The summed E-state index contributed by atoms with van der Waals surface area (Å²) in [5.74, 6) is -2.47. The van der Waals surface area contributed by atoms with Crippen molar-refractivity contribution in [2.45, 2.75) is 45.1 Å². The van der Waals surface area contributed by atoms with Crippen LogP contribution in [-0.2, 0) is 24.0 Å². The van der Waals surface area contributed by atoms with Crippen molar-refractivity contribution in [1.82, 2.24) is 25.9 Å². The zero-order valence-electron chi connectivity index (χ0n) is 18.5. The zero-order chi connectivity index (χ0) is 25.9. The van der Waals surface area contributed by atoms with Crippen molar-refractivity contribution in [3.05, 3.63) is 24.8 Å². The van der Waals surface area contributed by atoms with Crippen molar-refractivity contribution < 1.29 is 43.4 Å². The highest BCUT2D eigenvalue weighted by molar-refractivity contribution is 5.82. The van der Waals surface area contributed by atoms with Crippen molar-refractivity contribution in [3.63, 3.8) is 0 Å². The number of aliphatic carboxylic acids is 2. The van der Waals surface area contributed by atoms with E-state index in [4.69, 9.17) is 19.8 Å². The minimum Gasteiger partial charge on any atom is -0.481 e. The lowest BCUT2D eigenvalue weighted by molar-refractivity contribution is -0.191. The number of nitrogens with zero attached hydrogens (tertiary/aromatic N) is 2. The molecule has 0 saturated carbocycles. The van der Waals surface area contributed by atoms with Crippen LogP contribution in [0.15, 0.2) is 24.8 Å². The average molecular weight is 474 g/mol. The van der Waals surface area contributed by atoms with Gasteiger partial charge in [0.1, 0.15) is 6.04 Å². The fourth-order valence-electron chi connectivity index (χ4n) is 1.88. The highest BCUT2D eigenvalue weighted by Crippen LogP contribution is 1.98. The Bertz CT molecular complexity index is 661. The van der Waals surface area contributed by atoms with Gasteiger partial charge < -0.3 is 26.2 Å². The van der Waals surface area contributed by atoms with E-state index >= 15 is 0 Å². The number of rotatable bonds is 11. The standard InChI is InChI=1S/C13H23N3O6.C4H4N2.CH3F.CO2/c1-9(17)14-7-3-2-4-8-15-13(22)16-10(12(20)21)5-6-11(18)19;1-2-6-4-3-5-1;1-2;2-1-3/h10H,2-8H2,1H3,(H,14,17)(H,18,19)(H,20,21)(H2,15,16,22);1-4H;1H3;/t10-;;;/m0.../s1/i;;2-1;. The summed E-state index contributed by atoms with van der Waals surface area (Å²) >= 11 is 0. The smallest absolute Gasteiger partial charge is 0.373 e. The molecule has 33 heavy (non-hydrogen) atoms. The van der Waals surface area contributed by atoms with Gasteiger partial charge in [-0.15, -0.1) is 0 Å². The number of alkyl halides is 1. The lowest BCUT2D eigenvalue weighted by Gasteiger charge is -2.14. The molecule has 0 aliphatic carbocycles. The summed E-state index contributed by atoms with van der Waals surface area (Å²) < 4.78 is 9.50. The Morgan fingerprint density at radius 1 is 0.909 bits per heavy atom. The largest absolute Gasteiger partial charge is 0.481 e. The summed E-state index contributed by atoms with van der Waals surface area (Å²) in [4.78, 5) is 67.1. The molecule has 3 amide bonds. The molecule has 0 unspecified atom stereocenters. The summed E-state index contributed by atoms with van der Waals surface area (Å²) in [5, 5.41) is 24.8. The number of carboxylic acids is 2. The summed E-state index contributed by atoms with van der Waals surface area (Å²) in [7, 11) is 0.500. The number of halogens is 1. The number of nitrogens with one attached hydrogen (secondary N) is 3. The van der Waals surface area contributed by atoms with Crippen LogP contribution in [0.5, 0.6) is 0 Å². The second kappa shape index (κ2) is 26.1. The number of unbranched alkanes of at least 4 members (excludes halogenated alkanes) is 2. The first-order valence-corrected chi connectivity index (χ1v) is 9.55. The number of hydrogen-bond donors (Lipinski definition) is 5. The summed E-state index contributed by atoms with van der Waals surface area (Å²) in [6.45, 7) is 2.39. The number of carbonyl (C=O) groups excluding carboxylic acids is 4. The van der Waals surface area contributed by atoms with Crippen molar-refractivity contribution in [2.24, 2.45) is 0 Å². The molecule has 14 heteroatoms. The topological polar surface area (TPSA) is 205 Å². The maximum atomic E-state index is 11.5. The second-order valence-corrected chi connectivity index (χ2v) is 5.74. The monoisotopic (exact) mass is 474 g/mol. The number of amides is 3. The third-order valence-corrected chi connectivity index (χ3v) is 3.24. The van der Waals surface area contributed by atoms with Gasteiger partial charge in [0.15, 0.2) is 0 Å².